The second-order valence-corrected chi connectivity index (χ2v) is 5.73. The minimum atomic E-state index is -0.918. The van der Waals surface area contributed by atoms with E-state index in [2.05, 4.69) is 15.6 Å². The fourth-order valence-corrected chi connectivity index (χ4v) is 3.02. The number of aromatic nitrogens is 2. The van der Waals surface area contributed by atoms with Gasteiger partial charge in [0.1, 0.15) is 5.69 Å². The van der Waals surface area contributed by atoms with Crippen LogP contribution in [0.5, 0.6) is 5.75 Å². The van der Waals surface area contributed by atoms with Crippen LogP contribution >= 0.6 is 0 Å². The predicted octanol–water partition coefficient (Wildman–Crippen LogP) is 1.08. The largest absolute Gasteiger partial charge is 0.490 e. The van der Waals surface area contributed by atoms with Crippen LogP contribution in [0.15, 0.2) is 18.3 Å². The summed E-state index contributed by atoms with van der Waals surface area (Å²) in [5, 5.41) is 15.0. The number of carbonyl (C=O) groups is 2. The Morgan fingerprint density at radius 3 is 2.92 bits per heavy atom. The van der Waals surface area contributed by atoms with Gasteiger partial charge in [0.25, 0.3) is 5.91 Å². The van der Waals surface area contributed by atoms with Crippen molar-refractivity contribution in [3.8, 4) is 5.75 Å². The van der Waals surface area contributed by atoms with E-state index in [1.165, 1.54) is 0 Å². The smallest absolute Gasteiger partial charge is 0.309 e. The quantitative estimate of drug-likeness (QED) is 0.747. The fourth-order valence-electron chi connectivity index (χ4n) is 3.02. The topological polar surface area (TPSA) is 105 Å². The fraction of sp³-hybridized carbons (Fsp3) is 0.471. The van der Waals surface area contributed by atoms with Crippen molar-refractivity contribution in [3.05, 3.63) is 29.7 Å². The molecular formula is C17H24N4O4. The monoisotopic (exact) mass is 348 g/mol. The molecule has 1 fully saturated rings. The lowest BCUT2D eigenvalue weighted by Crippen LogP contribution is -2.43. The number of carboxylic acid groups (broad SMARTS) is 1. The van der Waals surface area contributed by atoms with Crippen LogP contribution < -0.4 is 15.4 Å². The molecule has 2 unspecified atom stereocenters. The van der Waals surface area contributed by atoms with E-state index in [1.54, 1.807) is 29.7 Å². The number of ether oxygens (including phenoxy) is 1. The number of aryl methyl sites for hydroxylation is 1. The van der Waals surface area contributed by atoms with Gasteiger partial charge in [-0.15, -0.1) is 0 Å². The van der Waals surface area contributed by atoms with Gasteiger partial charge in [-0.1, -0.05) is 7.43 Å². The Morgan fingerprint density at radius 1 is 1.48 bits per heavy atom. The van der Waals surface area contributed by atoms with Crippen molar-refractivity contribution in [2.45, 2.75) is 27.3 Å². The molecule has 0 radical (unpaired) electrons. The zero-order valence-electron chi connectivity index (χ0n) is 13.6. The number of carboxylic acids is 1. The van der Waals surface area contributed by atoms with Crippen molar-refractivity contribution < 1.29 is 19.4 Å². The average Bonchev–Trinajstić information content (AvgIpc) is 3.11. The molecule has 0 spiro atoms. The van der Waals surface area contributed by atoms with Gasteiger partial charge in [-0.2, -0.15) is 0 Å². The SMILES string of the molecule is C.CCOc1cccn2c(C(=O)NC3CNCC3C(=O)O)c(C)nc12. The number of pyridine rings is 1. The van der Waals surface area contributed by atoms with E-state index in [4.69, 9.17) is 4.74 Å². The maximum atomic E-state index is 12.7. The molecule has 2 aromatic heterocycles. The van der Waals surface area contributed by atoms with Gasteiger partial charge in [-0.05, 0) is 26.0 Å². The van der Waals surface area contributed by atoms with Crippen molar-refractivity contribution in [1.82, 2.24) is 20.0 Å². The average molecular weight is 348 g/mol. The maximum absolute atomic E-state index is 12.7. The Kier molecular flexibility index (Phi) is 5.63. The highest BCUT2D eigenvalue weighted by atomic mass is 16.5. The number of carbonyl (C=O) groups excluding carboxylic acids is 1. The minimum Gasteiger partial charge on any atom is -0.490 e. The third kappa shape index (κ3) is 3.43. The summed E-state index contributed by atoms with van der Waals surface area (Å²) in [6.45, 7) is 4.91. The molecule has 0 bridgehead atoms. The van der Waals surface area contributed by atoms with Crippen molar-refractivity contribution in [1.29, 1.82) is 0 Å². The van der Waals surface area contributed by atoms with Gasteiger partial charge in [0, 0.05) is 19.3 Å². The molecule has 0 aromatic carbocycles. The van der Waals surface area contributed by atoms with E-state index in [0.717, 1.165) is 0 Å². The number of aliphatic carboxylic acids is 1. The highest BCUT2D eigenvalue weighted by molar-refractivity contribution is 5.95. The predicted molar refractivity (Wildman–Crippen MR) is 93.1 cm³/mol. The number of hydrogen-bond acceptors (Lipinski definition) is 5. The summed E-state index contributed by atoms with van der Waals surface area (Å²) in [5.41, 5.74) is 1.53. The lowest BCUT2D eigenvalue weighted by atomic mass is 10.0. The number of nitrogens with zero attached hydrogens (tertiary/aromatic N) is 2. The van der Waals surface area contributed by atoms with Gasteiger partial charge in [-0.3, -0.25) is 14.0 Å². The van der Waals surface area contributed by atoms with Crippen LogP contribution in [0.2, 0.25) is 0 Å². The van der Waals surface area contributed by atoms with Crippen LogP contribution in [0.3, 0.4) is 0 Å². The van der Waals surface area contributed by atoms with Gasteiger partial charge in [0.15, 0.2) is 11.4 Å². The molecule has 3 heterocycles. The number of amides is 1. The van der Waals surface area contributed by atoms with Crippen molar-refractivity contribution >= 4 is 17.5 Å². The van der Waals surface area contributed by atoms with E-state index >= 15 is 0 Å². The van der Waals surface area contributed by atoms with Crippen LogP contribution in [0.1, 0.15) is 30.5 Å². The molecule has 0 aliphatic carbocycles. The van der Waals surface area contributed by atoms with Crippen LogP contribution in [-0.4, -0.2) is 52.1 Å². The van der Waals surface area contributed by atoms with E-state index in [-0.39, 0.29) is 13.3 Å². The number of imidazole rings is 1. The Bertz CT molecular complexity index is 786. The first-order valence-corrected chi connectivity index (χ1v) is 7.87. The molecule has 3 rings (SSSR count). The summed E-state index contributed by atoms with van der Waals surface area (Å²) in [7, 11) is 0. The first-order chi connectivity index (χ1) is 11.5. The highest BCUT2D eigenvalue weighted by Crippen LogP contribution is 2.22. The van der Waals surface area contributed by atoms with E-state index in [0.29, 0.717) is 42.5 Å². The molecule has 1 amide bonds. The zero-order chi connectivity index (χ0) is 17.3. The second-order valence-electron chi connectivity index (χ2n) is 5.73. The summed E-state index contributed by atoms with van der Waals surface area (Å²) in [6, 6.07) is 3.14. The van der Waals surface area contributed by atoms with Gasteiger partial charge in [0.05, 0.1) is 24.3 Å². The zero-order valence-corrected chi connectivity index (χ0v) is 13.6. The van der Waals surface area contributed by atoms with Crippen LogP contribution in [0, 0.1) is 12.8 Å². The summed E-state index contributed by atoms with van der Waals surface area (Å²) in [6.07, 6.45) is 1.74. The lowest BCUT2D eigenvalue weighted by molar-refractivity contribution is -0.141. The Morgan fingerprint density at radius 2 is 2.24 bits per heavy atom. The van der Waals surface area contributed by atoms with E-state index in [9.17, 15) is 14.7 Å². The van der Waals surface area contributed by atoms with Gasteiger partial charge in [-0.25, -0.2) is 4.98 Å². The summed E-state index contributed by atoms with van der Waals surface area (Å²) >= 11 is 0. The molecular weight excluding hydrogens is 324 g/mol. The third-order valence-corrected chi connectivity index (χ3v) is 4.15. The first kappa shape index (κ1) is 18.7. The molecule has 136 valence electrons. The van der Waals surface area contributed by atoms with Gasteiger partial charge >= 0.3 is 5.97 Å². The minimum absolute atomic E-state index is 0. The second kappa shape index (κ2) is 7.52. The number of fused-ring (bicyclic) bond motifs is 1. The van der Waals surface area contributed by atoms with Crippen LogP contribution in [0.4, 0.5) is 0 Å². The van der Waals surface area contributed by atoms with E-state index in [1.807, 2.05) is 6.92 Å². The molecule has 0 saturated carbocycles. The summed E-state index contributed by atoms with van der Waals surface area (Å²) in [4.78, 5) is 28.4. The van der Waals surface area contributed by atoms with Gasteiger partial charge in [0.2, 0.25) is 0 Å². The molecule has 8 nitrogen and oxygen atoms in total. The molecule has 1 aliphatic heterocycles. The van der Waals surface area contributed by atoms with Crippen LogP contribution in [0.25, 0.3) is 5.65 Å². The van der Waals surface area contributed by atoms with Gasteiger partial charge < -0.3 is 20.5 Å². The molecule has 25 heavy (non-hydrogen) atoms. The Labute approximate surface area is 146 Å². The van der Waals surface area contributed by atoms with E-state index < -0.39 is 17.9 Å². The molecule has 2 aromatic rings. The van der Waals surface area contributed by atoms with Crippen molar-refractivity contribution in [2.75, 3.05) is 19.7 Å². The molecule has 1 aliphatic rings. The number of hydrogen-bond donors (Lipinski definition) is 3. The first-order valence-electron chi connectivity index (χ1n) is 7.87. The highest BCUT2D eigenvalue weighted by Gasteiger charge is 2.34. The summed E-state index contributed by atoms with van der Waals surface area (Å²) < 4.78 is 7.22. The normalized spacial score (nSPS) is 19.4. The third-order valence-electron chi connectivity index (χ3n) is 4.15. The molecule has 2 atom stereocenters. The number of rotatable bonds is 5. The van der Waals surface area contributed by atoms with Crippen LogP contribution in [-0.2, 0) is 4.79 Å². The number of nitrogens with one attached hydrogen (secondary N) is 2. The molecule has 1 saturated heterocycles. The standard InChI is InChI=1S/C16H20N4O4.CH4/c1-3-24-12-5-4-6-20-13(9(2)18-14(12)20)15(21)19-11-8-17-7-10(11)16(22)23;/h4-6,10-11,17H,3,7-8H2,1-2H3,(H,19,21)(H,22,23);1H4. The summed E-state index contributed by atoms with van der Waals surface area (Å²) in [5.74, 6) is -1.28. The maximum Gasteiger partial charge on any atom is 0.309 e. The molecule has 3 N–H and O–H groups in total. The Hall–Kier alpha value is -2.61. The van der Waals surface area contributed by atoms with Crippen molar-refractivity contribution in [2.24, 2.45) is 5.92 Å². The van der Waals surface area contributed by atoms with Crippen molar-refractivity contribution in [3.63, 3.8) is 0 Å². The lowest BCUT2D eigenvalue weighted by Gasteiger charge is -2.16. The Balaban J connectivity index is 0.00000225. The molecule has 8 heteroatoms.